The first-order chi connectivity index (χ1) is 3.66. The average molecular weight is 112 g/mol. The van der Waals surface area contributed by atoms with Crippen molar-refractivity contribution in [2.75, 3.05) is 0 Å². The van der Waals surface area contributed by atoms with E-state index in [0.29, 0.717) is 5.92 Å². The molecule has 0 saturated carbocycles. The molecule has 0 bridgehead atoms. The molecule has 0 fully saturated rings. The summed E-state index contributed by atoms with van der Waals surface area (Å²) >= 11 is 0. The van der Waals surface area contributed by atoms with E-state index in [2.05, 4.69) is 20.8 Å². The molecule has 0 rings (SSSR count). The second-order valence-electron chi connectivity index (χ2n) is 2.73. The molecule has 0 aliphatic rings. The summed E-state index contributed by atoms with van der Waals surface area (Å²) in [6.07, 6.45) is 2.41. The summed E-state index contributed by atoms with van der Waals surface area (Å²) in [6.45, 7) is 12.1. The Morgan fingerprint density at radius 1 is 1.38 bits per heavy atom. The van der Waals surface area contributed by atoms with Gasteiger partial charge >= 0.3 is 0 Å². The minimum Gasteiger partial charge on any atom is -0.0651 e. The maximum Gasteiger partial charge on any atom is -0.0321 e. The van der Waals surface area contributed by atoms with Crippen LogP contribution in [0.15, 0.2) is 0 Å². The summed E-state index contributed by atoms with van der Waals surface area (Å²) in [6, 6.07) is 0. The molecule has 0 amide bonds. The molecule has 0 aromatic carbocycles. The summed E-state index contributed by atoms with van der Waals surface area (Å²) in [4.78, 5) is 0. The van der Waals surface area contributed by atoms with E-state index in [-0.39, 0.29) is 0 Å². The van der Waals surface area contributed by atoms with Gasteiger partial charge in [0, 0.05) is 0 Å². The molecule has 0 saturated heterocycles. The molecule has 8 heavy (non-hydrogen) atoms. The number of hydrogen-bond donors (Lipinski definition) is 0. The van der Waals surface area contributed by atoms with E-state index < -0.39 is 0 Å². The quantitative estimate of drug-likeness (QED) is 0.526. The molecule has 0 spiro atoms. The molecule has 0 N–H and O–H groups in total. The van der Waals surface area contributed by atoms with Gasteiger partial charge < -0.3 is 0 Å². The maximum absolute atomic E-state index is 5.57. The van der Waals surface area contributed by atoms with Crippen molar-refractivity contribution < 1.29 is 0 Å². The summed E-state index contributed by atoms with van der Waals surface area (Å²) in [5.74, 6) is 1.18. The van der Waals surface area contributed by atoms with Gasteiger partial charge in [-0.05, 0) is 25.2 Å². The Kier molecular flexibility index (Phi) is 3.94. The lowest BCUT2D eigenvalue weighted by Gasteiger charge is -2.09. The fourth-order valence-electron chi connectivity index (χ4n) is 0.801. The van der Waals surface area contributed by atoms with Crippen molar-refractivity contribution in [3.63, 3.8) is 0 Å². The monoisotopic (exact) mass is 112 g/mol. The molecule has 2 atom stereocenters. The van der Waals surface area contributed by atoms with Gasteiger partial charge in [0.05, 0.1) is 0 Å². The lowest BCUT2D eigenvalue weighted by atomic mass is 9.97. The normalized spacial score (nSPS) is 14.6. The first-order valence-corrected chi connectivity index (χ1v) is 3.42. The molecular weight excluding hydrogens is 96.1 g/mol. The molecule has 2 unspecified atom stereocenters. The standard InChI is InChI=1S/C8H16/c1-5-8(4)6-7(2)3/h2,7-8H,5-6H2,1,3-4H3. The van der Waals surface area contributed by atoms with Crippen molar-refractivity contribution in [2.45, 2.75) is 33.6 Å². The van der Waals surface area contributed by atoms with Crippen molar-refractivity contribution in [2.24, 2.45) is 11.8 Å². The van der Waals surface area contributed by atoms with Gasteiger partial charge in [-0.1, -0.05) is 27.2 Å². The summed E-state index contributed by atoms with van der Waals surface area (Å²) in [5.41, 5.74) is 0. The molecular formula is C8H16. The Hall–Kier alpha value is 0. The highest BCUT2D eigenvalue weighted by atomic mass is 14.1. The van der Waals surface area contributed by atoms with E-state index >= 15 is 0 Å². The van der Waals surface area contributed by atoms with Crippen LogP contribution >= 0.6 is 0 Å². The molecule has 0 nitrogen and oxygen atoms in total. The largest absolute Gasteiger partial charge is 0.0651 e. The molecule has 0 heterocycles. The van der Waals surface area contributed by atoms with E-state index in [1.807, 2.05) is 0 Å². The van der Waals surface area contributed by atoms with E-state index in [9.17, 15) is 0 Å². The van der Waals surface area contributed by atoms with Crippen LogP contribution in [0, 0.1) is 18.8 Å². The van der Waals surface area contributed by atoms with E-state index in [4.69, 9.17) is 6.92 Å². The van der Waals surface area contributed by atoms with Gasteiger partial charge in [-0.25, -0.2) is 0 Å². The fraction of sp³-hybridized carbons (Fsp3) is 0.875. The molecule has 2 radical (unpaired) electrons. The highest BCUT2D eigenvalue weighted by molar-refractivity contribution is 4.58. The number of rotatable bonds is 3. The number of hydrogen-bond acceptors (Lipinski definition) is 0. The Balaban J connectivity index is 3.10. The van der Waals surface area contributed by atoms with Crippen LogP contribution in [0.3, 0.4) is 0 Å². The second-order valence-corrected chi connectivity index (χ2v) is 2.73. The van der Waals surface area contributed by atoms with Crippen molar-refractivity contribution in [3.8, 4) is 0 Å². The van der Waals surface area contributed by atoms with Gasteiger partial charge in [-0.2, -0.15) is 0 Å². The zero-order valence-electron chi connectivity index (χ0n) is 6.15. The molecule has 48 valence electrons. The Morgan fingerprint density at radius 3 is 2.00 bits per heavy atom. The predicted molar refractivity (Wildman–Crippen MR) is 37.5 cm³/mol. The van der Waals surface area contributed by atoms with Crippen LogP contribution in [0.25, 0.3) is 0 Å². The maximum atomic E-state index is 5.57. The van der Waals surface area contributed by atoms with E-state index in [1.54, 1.807) is 0 Å². The highest BCUT2D eigenvalue weighted by Gasteiger charge is 2.00. The summed E-state index contributed by atoms with van der Waals surface area (Å²) in [7, 11) is 0. The first kappa shape index (κ1) is 8.00. The summed E-state index contributed by atoms with van der Waals surface area (Å²) < 4.78 is 0. The van der Waals surface area contributed by atoms with Crippen LogP contribution in [0.2, 0.25) is 0 Å². The van der Waals surface area contributed by atoms with Gasteiger partial charge in [-0.3, -0.25) is 0 Å². The van der Waals surface area contributed by atoms with Crippen LogP contribution in [-0.4, -0.2) is 0 Å². The van der Waals surface area contributed by atoms with Gasteiger partial charge in [0.25, 0.3) is 0 Å². The van der Waals surface area contributed by atoms with Gasteiger partial charge in [0.15, 0.2) is 0 Å². The SMILES string of the molecule is [CH]C(C)CC(C)CC. The molecule has 0 heteroatoms. The van der Waals surface area contributed by atoms with Gasteiger partial charge in [0.1, 0.15) is 0 Å². The third kappa shape index (κ3) is 4.17. The van der Waals surface area contributed by atoms with Crippen LogP contribution in [0.1, 0.15) is 33.6 Å². The zero-order chi connectivity index (χ0) is 6.57. The lowest BCUT2D eigenvalue weighted by Crippen LogP contribution is -1.97. The van der Waals surface area contributed by atoms with Gasteiger partial charge in [0.2, 0.25) is 0 Å². The fourth-order valence-corrected chi connectivity index (χ4v) is 0.801. The van der Waals surface area contributed by atoms with Crippen LogP contribution in [0.5, 0.6) is 0 Å². The molecule has 0 aliphatic heterocycles. The van der Waals surface area contributed by atoms with Crippen molar-refractivity contribution in [3.05, 3.63) is 6.92 Å². The Bertz CT molecular complexity index is 46.0. The highest BCUT2D eigenvalue weighted by Crippen LogP contribution is 2.12. The van der Waals surface area contributed by atoms with Crippen molar-refractivity contribution >= 4 is 0 Å². The van der Waals surface area contributed by atoms with Crippen molar-refractivity contribution in [1.29, 1.82) is 0 Å². The van der Waals surface area contributed by atoms with Crippen LogP contribution < -0.4 is 0 Å². The average Bonchev–Trinajstić information content (AvgIpc) is 1.65. The molecule has 0 aliphatic carbocycles. The smallest absolute Gasteiger partial charge is 0.0321 e. The van der Waals surface area contributed by atoms with Gasteiger partial charge in [-0.15, -0.1) is 0 Å². The third-order valence-electron chi connectivity index (χ3n) is 1.47. The molecule has 0 aromatic heterocycles. The van der Waals surface area contributed by atoms with E-state index in [0.717, 1.165) is 12.3 Å². The van der Waals surface area contributed by atoms with Crippen LogP contribution in [0.4, 0.5) is 0 Å². The lowest BCUT2D eigenvalue weighted by molar-refractivity contribution is 0.453. The minimum atomic E-state index is 0.380. The Morgan fingerprint density at radius 2 is 1.88 bits per heavy atom. The minimum absolute atomic E-state index is 0.380. The van der Waals surface area contributed by atoms with E-state index in [1.165, 1.54) is 6.42 Å². The van der Waals surface area contributed by atoms with Crippen molar-refractivity contribution in [1.82, 2.24) is 0 Å². The predicted octanol–water partition coefficient (Wildman–Crippen LogP) is 2.77. The second kappa shape index (κ2) is 3.94. The first-order valence-electron chi connectivity index (χ1n) is 3.42. The zero-order valence-corrected chi connectivity index (χ0v) is 6.15. The summed E-state index contributed by atoms with van der Waals surface area (Å²) in [5, 5.41) is 0. The third-order valence-corrected chi connectivity index (χ3v) is 1.47. The van der Waals surface area contributed by atoms with Crippen LogP contribution in [-0.2, 0) is 0 Å². The Labute approximate surface area is 53.3 Å². The topological polar surface area (TPSA) is 0 Å². The molecule has 0 aromatic rings.